The van der Waals surface area contributed by atoms with Gasteiger partial charge in [-0.15, -0.1) is 0 Å². The number of benzene rings is 3. The third-order valence-corrected chi connectivity index (χ3v) is 5.89. The summed E-state index contributed by atoms with van der Waals surface area (Å²) in [6.45, 7) is 0. The minimum Gasteiger partial charge on any atom is -0.508 e. The summed E-state index contributed by atoms with van der Waals surface area (Å²) in [5, 5.41) is 19.6. The van der Waals surface area contributed by atoms with Crippen LogP contribution in [-0.4, -0.2) is 21.8 Å². The molecule has 4 heteroatoms. The fourth-order valence-electron chi connectivity index (χ4n) is 4.74. The first-order valence-corrected chi connectivity index (χ1v) is 8.83. The summed E-state index contributed by atoms with van der Waals surface area (Å²) in [5.41, 5.74) is 1.88. The second-order valence-electron chi connectivity index (χ2n) is 7.20. The van der Waals surface area contributed by atoms with Gasteiger partial charge in [0.1, 0.15) is 16.9 Å². The van der Waals surface area contributed by atoms with Crippen molar-refractivity contribution >= 4 is 11.6 Å². The number of carbonyl (C=O) groups is 2. The third kappa shape index (κ3) is 1.92. The molecule has 5 rings (SSSR count). The normalized spacial score (nSPS) is 19.3. The smallest absolute Gasteiger partial charge is 0.182 e. The maximum Gasteiger partial charge on any atom is 0.182 e. The van der Waals surface area contributed by atoms with E-state index in [9.17, 15) is 19.8 Å². The van der Waals surface area contributed by atoms with Crippen molar-refractivity contribution < 1.29 is 19.8 Å². The Kier molecular flexibility index (Phi) is 3.11. The predicted molar refractivity (Wildman–Crippen MR) is 99.4 cm³/mol. The number of ketones is 2. The summed E-state index contributed by atoms with van der Waals surface area (Å²) in [4.78, 5) is 27.2. The van der Waals surface area contributed by atoms with Gasteiger partial charge in [-0.05, 0) is 47.4 Å². The second kappa shape index (κ2) is 5.30. The van der Waals surface area contributed by atoms with Gasteiger partial charge >= 0.3 is 0 Å². The van der Waals surface area contributed by atoms with E-state index < -0.39 is 5.41 Å². The van der Waals surface area contributed by atoms with Crippen LogP contribution in [0.25, 0.3) is 0 Å². The summed E-state index contributed by atoms with van der Waals surface area (Å²) in [6, 6.07) is 18.5. The van der Waals surface area contributed by atoms with Crippen LogP contribution in [-0.2, 0) is 11.8 Å². The standard InChI is InChI=1S/C23H16O4/c24-15-7-5-13(6-8-15)20-12-14-11-16(25)9-10-19(14)23(20)21(26)17-3-1-2-4-18(17)22(23)27/h1-11,20,24-25H,12H2. The maximum atomic E-state index is 13.6. The lowest BCUT2D eigenvalue weighted by molar-refractivity contribution is 0.0775. The fourth-order valence-corrected chi connectivity index (χ4v) is 4.74. The molecule has 27 heavy (non-hydrogen) atoms. The Balaban J connectivity index is 1.80. The van der Waals surface area contributed by atoms with Crippen LogP contribution in [0.5, 0.6) is 11.5 Å². The minimum atomic E-state index is -1.32. The van der Waals surface area contributed by atoms with E-state index in [2.05, 4.69) is 0 Å². The number of aromatic hydroxyl groups is 2. The van der Waals surface area contributed by atoms with E-state index in [1.807, 2.05) is 0 Å². The Morgan fingerprint density at radius 3 is 2.00 bits per heavy atom. The molecule has 0 aromatic heterocycles. The number of phenolic OH excluding ortho intramolecular Hbond substituents is 2. The lowest BCUT2D eigenvalue weighted by atomic mass is 9.68. The number of Topliss-reactive ketones (excluding diaryl/α,β-unsaturated/α-hetero) is 2. The van der Waals surface area contributed by atoms with E-state index in [0.29, 0.717) is 23.1 Å². The monoisotopic (exact) mass is 356 g/mol. The van der Waals surface area contributed by atoms with Crippen LogP contribution in [0.4, 0.5) is 0 Å². The van der Waals surface area contributed by atoms with Crippen LogP contribution in [0.2, 0.25) is 0 Å². The molecule has 0 heterocycles. The van der Waals surface area contributed by atoms with Crippen LogP contribution in [0, 0.1) is 0 Å². The molecule has 0 saturated carbocycles. The van der Waals surface area contributed by atoms with Crippen molar-refractivity contribution in [3.05, 3.63) is 94.5 Å². The molecular weight excluding hydrogens is 340 g/mol. The highest BCUT2D eigenvalue weighted by atomic mass is 16.3. The Hall–Kier alpha value is -3.40. The summed E-state index contributed by atoms with van der Waals surface area (Å²) in [7, 11) is 0. The van der Waals surface area contributed by atoms with Gasteiger partial charge in [-0.25, -0.2) is 0 Å². The van der Waals surface area contributed by atoms with Crippen LogP contribution < -0.4 is 0 Å². The SMILES string of the molecule is O=C1c2ccccc2C(=O)C12c1ccc(O)cc1CC2c1ccc(O)cc1. The molecule has 1 spiro atoms. The Labute approximate surface area is 155 Å². The van der Waals surface area contributed by atoms with Gasteiger partial charge in [-0.2, -0.15) is 0 Å². The Morgan fingerprint density at radius 1 is 0.778 bits per heavy atom. The number of hydrogen-bond donors (Lipinski definition) is 2. The predicted octanol–water partition coefficient (Wildman–Crippen LogP) is 3.75. The molecule has 132 valence electrons. The minimum absolute atomic E-state index is 0.116. The van der Waals surface area contributed by atoms with Crippen molar-refractivity contribution in [2.45, 2.75) is 17.8 Å². The zero-order valence-electron chi connectivity index (χ0n) is 14.3. The topological polar surface area (TPSA) is 74.6 Å². The van der Waals surface area contributed by atoms with Gasteiger partial charge in [0.15, 0.2) is 11.6 Å². The van der Waals surface area contributed by atoms with Gasteiger partial charge in [-0.1, -0.05) is 42.5 Å². The van der Waals surface area contributed by atoms with Crippen molar-refractivity contribution in [2.24, 2.45) is 0 Å². The highest BCUT2D eigenvalue weighted by Crippen LogP contribution is 2.56. The maximum absolute atomic E-state index is 13.6. The lowest BCUT2D eigenvalue weighted by Gasteiger charge is -2.29. The molecule has 2 N–H and O–H groups in total. The van der Waals surface area contributed by atoms with Gasteiger partial charge in [0.25, 0.3) is 0 Å². The van der Waals surface area contributed by atoms with E-state index in [1.165, 1.54) is 6.07 Å². The van der Waals surface area contributed by atoms with E-state index in [1.54, 1.807) is 60.7 Å². The molecule has 3 aromatic carbocycles. The molecule has 1 atom stereocenters. The molecule has 1 unspecified atom stereocenters. The molecule has 4 nitrogen and oxygen atoms in total. The molecule has 0 saturated heterocycles. The van der Waals surface area contributed by atoms with Crippen molar-refractivity contribution in [2.75, 3.05) is 0 Å². The molecule has 0 radical (unpaired) electrons. The van der Waals surface area contributed by atoms with Crippen LogP contribution in [0.3, 0.4) is 0 Å². The second-order valence-corrected chi connectivity index (χ2v) is 7.20. The number of rotatable bonds is 1. The average Bonchev–Trinajstić information content (AvgIpc) is 3.12. The van der Waals surface area contributed by atoms with Crippen molar-refractivity contribution in [3.63, 3.8) is 0 Å². The van der Waals surface area contributed by atoms with Crippen LogP contribution in [0.1, 0.15) is 43.3 Å². The fraction of sp³-hybridized carbons (Fsp3) is 0.130. The average molecular weight is 356 g/mol. The Bertz CT molecular complexity index is 1080. The summed E-state index contributed by atoms with van der Waals surface area (Å²) in [6.07, 6.45) is 0.472. The Morgan fingerprint density at radius 2 is 1.37 bits per heavy atom. The largest absolute Gasteiger partial charge is 0.508 e. The first-order valence-electron chi connectivity index (χ1n) is 8.83. The number of carbonyl (C=O) groups excluding carboxylic acids is 2. The number of fused-ring (bicyclic) bond motifs is 3. The molecule has 0 bridgehead atoms. The molecule has 0 amide bonds. The van der Waals surface area contributed by atoms with Crippen molar-refractivity contribution in [1.29, 1.82) is 0 Å². The van der Waals surface area contributed by atoms with E-state index in [4.69, 9.17) is 0 Å². The summed E-state index contributed by atoms with van der Waals surface area (Å²) in [5.74, 6) is -0.516. The van der Waals surface area contributed by atoms with Crippen molar-refractivity contribution in [3.8, 4) is 11.5 Å². The van der Waals surface area contributed by atoms with Gasteiger partial charge in [-0.3, -0.25) is 9.59 Å². The summed E-state index contributed by atoms with van der Waals surface area (Å²) < 4.78 is 0. The zero-order chi connectivity index (χ0) is 18.8. The molecule has 3 aromatic rings. The molecule has 0 aliphatic heterocycles. The van der Waals surface area contributed by atoms with Crippen LogP contribution >= 0.6 is 0 Å². The first-order chi connectivity index (χ1) is 13.0. The lowest BCUT2D eigenvalue weighted by Crippen LogP contribution is -2.41. The summed E-state index contributed by atoms with van der Waals surface area (Å²) >= 11 is 0. The van der Waals surface area contributed by atoms with Gasteiger partial charge < -0.3 is 10.2 Å². The first kappa shape index (κ1) is 15.8. The molecule has 2 aliphatic rings. The van der Waals surface area contributed by atoms with Gasteiger partial charge in [0.2, 0.25) is 0 Å². The van der Waals surface area contributed by atoms with E-state index in [0.717, 1.165) is 11.1 Å². The quantitative estimate of drug-likeness (QED) is 0.651. The van der Waals surface area contributed by atoms with Gasteiger partial charge in [0.05, 0.1) is 0 Å². The third-order valence-electron chi connectivity index (χ3n) is 5.89. The van der Waals surface area contributed by atoms with Gasteiger partial charge in [0, 0.05) is 17.0 Å². The molecule has 2 aliphatic carbocycles. The van der Waals surface area contributed by atoms with E-state index in [-0.39, 0.29) is 29.0 Å². The van der Waals surface area contributed by atoms with Crippen molar-refractivity contribution in [1.82, 2.24) is 0 Å². The van der Waals surface area contributed by atoms with E-state index >= 15 is 0 Å². The highest BCUT2D eigenvalue weighted by molar-refractivity contribution is 6.34. The zero-order valence-corrected chi connectivity index (χ0v) is 14.3. The molecular formula is C23H16O4. The number of phenols is 2. The van der Waals surface area contributed by atoms with Crippen LogP contribution in [0.15, 0.2) is 66.7 Å². The molecule has 0 fully saturated rings. The highest BCUT2D eigenvalue weighted by Gasteiger charge is 2.62. The number of hydrogen-bond acceptors (Lipinski definition) is 4.